The largest absolute Gasteiger partial charge is 0.507 e. The zero-order chi connectivity index (χ0) is 17.9. The van der Waals surface area contributed by atoms with Crippen LogP contribution >= 0.6 is 0 Å². The molecule has 0 heterocycles. The van der Waals surface area contributed by atoms with E-state index in [4.69, 9.17) is 4.74 Å². The maximum Gasteiger partial charge on any atom is 0.314 e. The number of aromatic hydroxyl groups is 1. The van der Waals surface area contributed by atoms with Crippen molar-refractivity contribution in [3.8, 4) is 22.6 Å². The Hall–Kier alpha value is -3.07. The average Bonchev–Trinajstić information content (AvgIpc) is 2.63. The molecule has 0 saturated heterocycles. The number of esters is 1. The van der Waals surface area contributed by atoms with Gasteiger partial charge in [-0.3, -0.25) is 4.79 Å². The summed E-state index contributed by atoms with van der Waals surface area (Å²) in [7, 11) is 0. The van der Waals surface area contributed by atoms with Crippen LogP contribution in [0.15, 0.2) is 78.9 Å². The van der Waals surface area contributed by atoms with Gasteiger partial charge in [0, 0.05) is 11.1 Å². The Morgan fingerprint density at radius 3 is 2.15 bits per heavy atom. The summed E-state index contributed by atoms with van der Waals surface area (Å²) in [5.74, 6) is 0.559. The summed E-state index contributed by atoms with van der Waals surface area (Å²) < 4.78 is 5.76. The highest BCUT2D eigenvalue weighted by Gasteiger charge is 2.39. The number of ether oxygens (including phenoxy) is 1. The van der Waals surface area contributed by atoms with Gasteiger partial charge in [-0.05, 0) is 36.5 Å². The Labute approximate surface area is 152 Å². The van der Waals surface area contributed by atoms with Gasteiger partial charge in [0.25, 0.3) is 0 Å². The third-order valence-corrected chi connectivity index (χ3v) is 5.10. The van der Waals surface area contributed by atoms with Gasteiger partial charge in [-0.2, -0.15) is 0 Å². The number of rotatable bonds is 4. The van der Waals surface area contributed by atoms with Crippen molar-refractivity contribution in [2.24, 2.45) is 5.92 Å². The van der Waals surface area contributed by atoms with Crippen LogP contribution < -0.4 is 4.74 Å². The van der Waals surface area contributed by atoms with Crippen LogP contribution in [-0.2, 0) is 4.79 Å². The molecule has 2 atom stereocenters. The number of para-hydroxylation sites is 2. The Kier molecular flexibility index (Phi) is 4.44. The van der Waals surface area contributed by atoms with Crippen molar-refractivity contribution in [3.63, 3.8) is 0 Å². The second kappa shape index (κ2) is 7.04. The fraction of sp³-hybridized carbons (Fsp3) is 0.174. The molecule has 0 spiro atoms. The Morgan fingerprint density at radius 2 is 1.46 bits per heavy atom. The number of hydrogen-bond donors (Lipinski definition) is 1. The number of benzene rings is 3. The minimum absolute atomic E-state index is 0.116. The first-order chi connectivity index (χ1) is 12.7. The van der Waals surface area contributed by atoms with Crippen LogP contribution in [0.1, 0.15) is 24.3 Å². The van der Waals surface area contributed by atoms with Gasteiger partial charge in [0.05, 0.1) is 5.92 Å². The fourth-order valence-corrected chi connectivity index (χ4v) is 3.54. The maximum absolute atomic E-state index is 12.8. The molecule has 1 saturated carbocycles. The Morgan fingerprint density at radius 1 is 0.808 bits per heavy atom. The first-order valence-corrected chi connectivity index (χ1v) is 8.88. The predicted molar refractivity (Wildman–Crippen MR) is 101 cm³/mol. The van der Waals surface area contributed by atoms with E-state index in [0.29, 0.717) is 11.3 Å². The van der Waals surface area contributed by atoms with E-state index in [2.05, 4.69) is 12.1 Å². The van der Waals surface area contributed by atoms with Crippen molar-refractivity contribution in [1.82, 2.24) is 0 Å². The van der Waals surface area contributed by atoms with Crippen LogP contribution in [0.2, 0.25) is 0 Å². The molecular weight excluding hydrogens is 324 g/mol. The normalized spacial score (nSPS) is 18.8. The van der Waals surface area contributed by atoms with Crippen LogP contribution in [0.25, 0.3) is 11.1 Å². The van der Waals surface area contributed by atoms with E-state index in [0.717, 1.165) is 18.4 Å². The van der Waals surface area contributed by atoms with Gasteiger partial charge >= 0.3 is 5.97 Å². The van der Waals surface area contributed by atoms with Gasteiger partial charge in [-0.1, -0.05) is 66.7 Å². The van der Waals surface area contributed by atoms with Crippen molar-refractivity contribution >= 4 is 5.97 Å². The zero-order valence-corrected chi connectivity index (χ0v) is 14.3. The monoisotopic (exact) mass is 344 g/mol. The summed E-state index contributed by atoms with van der Waals surface area (Å²) in [4.78, 5) is 12.8. The summed E-state index contributed by atoms with van der Waals surface area (Å²) in [5, 5.41) is 10.1. The molecular formula is C23H20O3. The molecule has 130 valence electrons. The first-order valence-electron chi connectivity index (χ1n) is 8.88. The number of phenols is 1. The lowest BCUT2D eigenvalue weighted by Gasteiger charge is -2.35. The van der Waals surface area contributed by atoms with Crippen molar-refractivity contribution in [2.75, 3.05) is 0 Å². The van der Waals surface area contributed by atoms with Crippen LogP contribution in [-0.4, -0.2) is 11.1 Å². The van der Waals surface area contributed by atoms with E-state index in [1.165, 1.54) is 5.56 Å². The molecule has 3 heteroatoms. The summed E-state index contributed by atoms with van der Waals surface area (Å²) in [6.45, 7) is 0. The minimum atomic E-state index is -0.201. The van der Waals surface area contributed by atoms with Gasteiger partial charge < -0.3 is 9.84 Å². The number of hydrogen-bond acceptors (Lipinski definition) is 3. The van der Waals surface area contributed by atoms with E-state index in [1.54, 1.807) is 18.2 Å². The molecule has 26 heavy (non-hydrogen) atoms. The molecule has 3 aromatic rings. The molecule has 1 aliphatic rings. The van der Waals surface area contributed by atoms with Crippen molar-refractivity contribution in [3.05, 3.63) is 84.4 Å². The molecule has 0 amide bonds. The van der Waals surface area contributed by atoms with Crippen molar-refractivity contribution in [2.45, 2.75) is 18.8 Å². The van der Waals surface area contributed by atoms with E-state index < -0.39 is 0 Å². The van der Waals surface area contributed by atoms with E-state index in [1.807, 2.05) is 48.5 Å². The fourth-order valence-electron chi connectivity index (χ4n) is 3.54. The average molecular weight is 344 g/mol. The summed E-state index contributed by atoms with van der Waals surface area (Å²) >= 11 is 0. The highest BCUT2D eigenvalue weighted by atomic mass is 16.5. The quantitative estimate of drug-likeness (QED) is 0.525. The minimum Gasteiger partial charge on any atom is -0.507 e. The lowest BCUT2D eigenvalue weighted by atomic mass is 9.70. The summed E-state index contributed by atoms with van der Waals surface area (Å²) in [6, 6.07) is 24.5. The highest BCUT2D eigenvalue weighted by Crippen LogP contribution is 2.44. The van der Waals surface area contributed by atoms with Crippen molar-refractivity contribution < 1.29 is 14.6 Å². The second-order valence-corrected chi connectivity index (χ2v) is 6.64. The molecule has 0 radical (unpaired) electrons. The van der Waals surface area contributed by atoms with Crippen molar-refractivity contribution in [1.29, 1.82) is 0 Å². The summed E-state index contributed by atoms with van der Waals surface area (Å²) in [5.41, 5.74) is 2.56. The first kappa shape index (κ1) is 16.4. The molecule has 0 bridgehead atoms. The van der Waals surface area contributed by atoms with Crippen LogP contribution in [0, 0.1) is 5.92 Å². The van der Waals surface area contributed by atoms with E-state index >= 15 is 0 Å². The van der Waals surface area contributed by atoms with Crippen LogP contribution in [0.5, 0.6) is 11.5 Å². The third-order valence-electron chi connectivity index (χ3n) is 5.10. The molecule has 0 aromatic heterocycles. The molecule has 1 aliphatic carbocycles. The number of carbonyl (C=O) groups is 1. The lowest BCUT2D eigenvalue weighted by molar-refractivity contribution is -0.142. The molecule has 1 N–H and O–H groups in total. The van der Waals surface area contributed by atoms with Gasteiger partial charge in [0.1, 0.15) is 11.5 Å². The topological polar surface area (TPSA) is 46.5 Å². The molecule has 2 unspecified atom stereocenters. The highest BCUT2D eigenvalue weighted by molar-refractivity contribution is 5.82. The Bertz CT molecular complexity index is 918. The standard InChI is InChI=1S/C23H20O3/c24-21-12-6-4-10-18(21)19-11-5-7-13-22(19)26-23(25)20-15-14-17(20)16-8-2-1-3-9-16/h1-13,17,20,24H,14-15H2. The maximum atomic E-state index is 12.8. The SMILES string of the molecule is O=C(Oc1ccccc1-c1ccccc1O)C1CCC1c1ccccc1. The van der Waals surface area contributed by atoms with Gasteiger partial charge in [-0.25, -0.2) is 0 Å². The summed E-state index contributed by atoms with van der Waals surface area (Å²) in [6.07, 6.45) is 1.85. The zero-order valence-electron chi connectivity index (χ0n) is 14.3. The molecule has 3 nitrogen and oxygen atoms in total. The molecule has 3 aromatic carbocycles. The van der Waals surface area contributed by atoms with Gasteiger partial charge in [0.2, 0.25) is 0 Å². The van der Waals surface area contributed by atoms with Crippen LogP contribution in [0.3, 0.4) is 0 Å². The number of carbonyl (C=O) groups excluding carboxylic acids is 1. The van der Waals surface area contributed by atoms with Gasteiger partial charge in [-0.15, -0.1) is 0 Å². The Balaban J connectivity index is 1.57. The van der Waals surface area contributed by atoms with Gasteiger partial charge in [0.15, 0.2) is 0 Å². The smallest absolute Gasteiger partial charge is 0.314 e. The number of phenolic OH excluding ortho intramolecular Hbond substituents is 1. The molecule has 0 aliphatic heterocycles. The molecule has 1 fully saturated rings. The molecule has 4 rings (SSSR count). The van der Waals surface area contributed by atoms with Crippen LogP contribution in [0.4, 0.5) is 0 Å². The van der Waals surface area contributed by atoms with E-state index in [-0.39, 0.29) is 23.6 Å². The second-order valence-electron chi connectivity index (χ2n) is 6.64. The van der Waals surface area contributed by atoms with E-state index in [9.17, 15) is 9.90 Å². The lowest BCUT2D eigenvalue weighted by Crippen LogP contribution is -2.34. The third kappa shape index (κ3) is 3.08. The predicted octanol–water partition coefficient (Wildman–Crippen LogP) is 5.16.